The second kappa shape index (κ2) is 6.70. The zero-order chi connectivity index (χ0) is 14.4. The van der Waals surface area contributed by atoms with Gasteiger partial charge in [-0.1, -0.05) is 18.5 Å². The summed E-state index contributed by atoms with van der Waals surface area (Å²) in [6.45, 7) is 4.58. The fourth-order valence-corrected chi connectivity index (χ4v) is 1.64. The van der Waals surface area contributed by atoms with Gasteiger partial charge in [-0.15, -0.1) is 0 Å². The van der Waals surface area contributed by atoms with E-state index in [-0.39, 0.29) is 5.91 Å². The average molecular weight is 274 g/mol. The third kappa shape index (κ3) is 3.81. The second-order valence-electron chi connectivity index (χ2n) is 4.49. The van der Waals surface area contributed by atoms with Crippen LogP contribution in [0.1, 0.15) is 36.0 Å². The molecule has 0 atom stereocenters. The van der Waals surface area contributed by atoms with E-state index < -0.39 is 0 Å². The van der Waals surface area contributed by atoms with E-state index in [2.05, 4.69) is 27.7 Å². The van der Waals surface area contributed by atoms with Crippen LogP contribution >= 0.6 is 0 Å². The maximum atomic E-state index is 11.8. The lowest BCUT2D eigenvalue weighted by Gasteiger charge is -2.05. The number of hydrogen-bond acceptors (Lipinski definition) is 5. The van der Waals surface area contributed by atoms with E-state index in [0.29, 0.717) is 18.1 Å². The molecule has 6 heteroatoms. The summed E-state index contributed by atoms with van der Waals surface area (Å²) in [7, 11) is 0. The molecule has 0 saturated carbocycles. The summed E-state index contributed by atoms with van der Waals surface area (Å²) in [6.07, 6.45) is 3.61. The van der Waals surface area contributed by atoms with Crippen molar-refractivity contribution in [3.05, 3.63) is 35.9 Å². The van der Waals surface area contributed by atoms with Gasteiger partial charge in [-0.25, -0.2) is 4.98 Å². The Morgan fingerprint density at radius 1 is 1.40 bits per heavy atom. The Morgan fingerprint density at radius 3 is 2.85 bits per heavy atom. The van der Waals surface area contributed by atoms with Gasteiger partial charge in [0.2, 0.25) is 0 Å². The number of nitrogens with one attached hydrogen (secondary N) is 2. The van der Waals surface area contributed by atoms with Crippen LogP contribution in [-0.4, -0.2) is 22.6 Å². The first-order valence-corrected chi connectivity index (χ1v) is 6.63. The van der Waals surface area contributed by atoms with Crippen molar-refractivity contribution in [2.24, 2.45) is 0 Å². The molecule has 0 aromatic carbocycles. The molecule has 0 aliphatic carbocycles. The molecule has 0 aliphatic rings. The van der Waals surface area contributed by atoms with Gasteiger partial charge in [0, 0.05) is 12.6 Å². The molecule has 2 heterocycles. The number of carbonyl (C=O) groups excluding carboxylic acids is 1. The van der Waals surface area contributed by atoms with Crippen molar-refractivity contribution in [1.29, 1.82) is 0 Å². The van der Waals surface area contributed by atoms with Gasteiger partial charge in [-0.05, 0) is 25.5 Å². The van der Waals surface area contributed by atoms with Crippen molar-refractivity contribution in [3.8, 4) is 0 Å². The minimum atomic E-state index is -0.151. The van der Waals surface area contributed by atoms with Gasteiger partial charge < -0.3 is 15.2 Å². The topological polar surface area (TPSA) is 80.0 Å². The third-order valence-electron chi connectivity index (χ3n) is 2.71. The summed E-state index contributed by atoms with van der Waals surface area (Å²) in [4.78, 5) is 15.9. The van der Waals surface area contributed by atoms with Crippen LogP contribution in [0.3, 0.4) is 0 Å². The maximum absolute atomic E-state index is 11.8. The summed E-state index contributed by atoms with van der Waals surface area (Å²) in [5.74, 6) is 1.19. The number of unbranched alkanes of at least 4 members (excludes halogenated alkanes) is 1. The Hall–Kier alpha value is -2.37. The molecular formula is C14H18N4O2. The highest BCUT2D eigenvalue weighted by molar-refractivity contribution is 5.92. The van der Waals surface area contributed by atoms with Crippen LogP contribution in [0.5, 0.6) is 0 Å². The quantitative estimate of drug-likeness (QED) is 0.791. The van der Waals surface area contributed by atoms with Gasteiger partial charge in [-0.3, -0.25) is 4.79 Å². The normalized spacial score (nSPS) is 10.3. The molecule has 0 aliphatic heterocycles. The summed E-state index contributed by atoms with van der Waals surface area (Å²) in [5.41, 5.74) is 1.16. The first-order valence-electron chi connectivity index (χ1n) is 6.63. The molecule has 20 heavy (non-hydrogen) atoms. The van der Waals surface area contributed by atoms with Crippen LogP contribution in [0.4, 0.5) is 11.5 Å². The number of aromatic nitrogens is 2. The molecule has 0 spiro atoms. The van der Waals surface area contributed by atoms with E-state index in [1.807, 2.05) is 6.92 Å². The smallest absolute Gasteiger partial charge is 0.269 e. The number of carbonyl (C=O) groups is 1. The predicted octanol–water partition coefficient (Wildman–Crippen LogP) is 2.65. The number of aryl methyl sites for hydroxylation is 1. The zero-order valence-electron chi connectivity index (χ0n) is 11.6. The molecule has 0 unspecified atom stereocenters. The Balaban J connectivity index is 1.94. The number of rotatable bonds is 6. The lowest BCUT2D eigenvalue weighted by Crippen LogP contribution is -2.25. The first-order chi connectivity index (χ1) is 9.69. The number of nitrogens with zero attached hydrogens (tertiary/aromatic N) is 2. The molecule has 6 nitrogen and oxygen atoms in total. The molecule has 2 N–H and O–H groups in total. The standard InChI is InChI=1S/C14H18N4O2/c1-3-4-7-15-14(19)12-6-5-11(9-16-12)17-13-8-10(2)20-18-13/h5-6,8-9H,3-4,7H2,1-2H3,(H,15,19)(H,17,18). The fourth-order valence-electron chi connectivity index (χ4n) is 1.64. The van der Waals surface area contributed by atoms with Gasteiger partial charge >= 0.3 is 0 Å². The third-order valence-corrected chi connectivity index (χ3v) is 2.71. The minimum Gasteiger partial charge on any atom is -0.360 e. The van der Waals surface area contributed by atoms with E-state index >= 15 is 0 Å². The summed E-state index contributed by atoms with van der Waals surface area (Å²) in [5, 5.41) is 9.69. The van der Waals surface area contributed by atoms with Crippen molar-refractivity contribution in [2.45, 2.75) is 26.7 Å². The molecule has 1 amide bonds. The average Bonchev–Trinajstić information content (AvgIpc) is 2.85. The molecule has 0 saturated heterocycles. The number of anilines is 2. The van der Waals surface area contributed by atoms with Crippen LogP contribution in [0.15, 0.2) is 28.9 Å². The Kier molecular flexibility index (Phi) is 4.70. The van der Waals surface area contributed by atoms with E-state index in [4.69, 9.17) is 4.52 Å². The highest BCUT2D eigenvalue weighted by Gasteiger charge is 2.07. The number of hydrogen-bond donors (Lipinski definition) is 2. The lowest BCUT2D eigenvalue weighted by molar-refractivity contribution is 0.0948. The van der Waals surface area contributed by atoms with Gasteiger partial charge in [0.1, 0.15) is 11.5 Å². The number of amides is 1. The predicted molar refractivity (Wildman–Crippen MR) is 76.0 cm³/mol. The van der Waals surface area contributed by atoms with Crippen molar-refractivity contribution < 1.29 is 9.32 Å². The summed E-state index contributed by atoms with van der Waals surface area (Å²) >= 11 is 0. The van der Waals surface area contributed by atoms with Gasteiger partial charge in [0.25, 0.3) is 5.91 Å². The monoisotopic (exact) mass is 274 g/mol. The van der Waals surface area contributed by atoms with E-state index in [0.717, 1.165) is 24.3 Å². The summed E-state index contributed by atoms with van der Waals surface area (Å²) < 4.78 is 4.96. The second-order valence-corrected chi connectivity index (χ2v) is 4.49. The lowest BCUT2D eigenvalue weighted by atomic mass is 10.3. The van der Waals surface area contributed by atoms with E-state index in [1.165, 1.54) is 0 Å². The van der Waals surface area contributed by atoms with Crippen molar-refractivity contribution in [1.82, 2.24) is 15.5 Å². The molecule has 0 fully saturated rings. The van der Waals surface area contributed by atoms with Crippen LogP contribution in [-0.2, 0) is 0 Å². The van der Waals surface area contributed by atoms with E-state index in [1.54, 1.807) is 24.4 Å². The van der Waals surface area contributed by atoms with Crippen LogP contribution in [0.25, 0.3) is 0 Å². The Bertz CT molecular complexity index is 563. The largest absolute Gasteiger partial charge is 0.360 e. The molecule has 0 radical (unpaired) electrons. The number of pyridine rings is 1. The molecule has 2 aromatic heterocycles. The fraction of sp³-hybridized carbons (Fsp3) is 0.357. The van der Waals surface area contributed by atoms with Gasteiger partial charge in [0.05, 0.1) is 11.9 Å². The zero-order valence-corrected chi connectivity index (χ0v) is 11.6. The first kappa shape index (κ1) is 14.0. The molecular weight excluding hydrogens is 256 g/mol. The Labute approximate surface area is 117 Å². The highest BCUT2D eigenvalue weighted by Crippen LogP contribution is 2.15. The van der Waals surface area contributed by atoms with Gasteiger partial charge in [0.15, 0.2) is 5.82 Å². The van der Waals surface area contributed by atoms with Crippen LogP contribution < -0.4 is 10.6 Å². The molecule has 2 aromatic rings. The Morgan fingerprint density at radius 2 is 2.25 bits per heavy atom. The molecule has 2 rings (SSSR count). The molecule has 106 valence electrons. The van der Waals surface area contributed by atoms with Crippen LogP contribution in [0, 0.1) is 6.92 Å². The van der Waals surface area contributed by atoms with Crippen molar-refractivity contribution >= 4 is 17.4 Å². The van der Waals surface area contributed by atoms with Crippen molar-refractivity contribution in [3.63, 3.8) is 0 Å². The molecule has 0 bridgehead atoms. The summed E-state index contributed by atoms with van der Waals surface area (Å²) in [6, 6.07) is 5.24. The van der Waals surface area contributed by atoms with Crippen LogP contribution in [0.2, 0.25) is 0 Å². The van der Waals surface area contributed by atoms with Crippen molar-refractivity contribution in [2.75, 3.05) is 11.9 Å². The highest BCUT2D eigenvalue weighted by atomic mass is 16.5. The maximum Gasteiger partial charge on any atom is 0.269 e. The minimum absolute atomic E-state index is 0.151. The van der Waals surface area contributed by atoms with E-state index in [9.17, 15) is 4.79 Å². The SMILES string of the molecule is CCCCNC(=O)c1ccc(Nc2cc(C)on2)cn1. The van der Waals surface area contributed by atoms with Gasteiger partial charge in [-0.2, -0.15) is 0 Å².